The lowest BCUT2D eigenvalue weighted by molar-refractivity contribution is -0.0374. The van der Waals surface area contributed by atoms with Crippen LogP contribution in [-0.2, 0) is 4.74 Å². The van der Waals surface area contributed by atoms with Crippen molar-refractivity contribution in [3.05, 3.63) is 83.9 Å². The number of esters is 2. The van der Waals surface area contributed by atoms with Gasteiger partial charge in [0.2, 0.25) is 0 Å². The molecule has 0 fully saturated rings. The summed E-state index contributed by atoms with van der Waals surface area (Å²) in [6, 6.07) is 20.7. The molecule has 0 N–H and O–H groups in total. The van der Waals surface area contributed by atoms with Gasteiger partial charge in [-0.1, -0.05) is 102 Å². The van der Waals surface area contributed by atoms with Crippen molar-refractivity contribution in [3.63, 3.8) is 0 Å². The zero-order chi connectivity index (χ0) is 32.3. The third-order valence-electron chi connectivity index (χ3n) is 7.76. The summed E-state index contributed by atoms with van der Waals surface area (Å²) in [7, 11) is 0. The molecule has 0 aliphatic heterocycles. The Kier molecular flexibility index (Phi) is 16.1. The molecule has 0 aromatic heterocycles. The lowest BCUT2D eigenvalue weighted by atomic mass is 10.0. The average molecular weight is 623 g/mol. The summed E-state index contributed by atoms with van der Waals surface area (Å²) in [5, 5.41) is 0. The minimum absolute atomic E-state index is 0.117. The van der Waals surface area contributed by atoms with Crippen molar-refractivity contribution >= 4 is 11.9 Å². The van der Waals surface area contributed by atoms with E-state index in [4.69, 9.17) is 14.2 Å². The van der Waals surface area contributed by atoms with Crippen LogP contribution in [0.4, 0.5) is 8.78 Å². The van der Waals surface area contributed by atoms with Crippen molar-refractivity contribution in [3.8, 4) is 22.6 Å². The maximum absolute atomic E-state index is 13.5. The Morgan fingerprint density at radius 2 is 1.04 bits per heavy atom. The van der Waals surface area contributed by atoms with Crippen LogP contribution in [0.2, 0.25) is 0 Å². The van der Waals surface area contributed by atoms with E-state index < -0.39 is 24.5 Å². The first-order valence-electron chi connectivity index (χ1n) is 16.6. The smallest absolute Gasteiger partial charge is 0.343 e. The van der Waals surface area contributed by atoms with Gasteiger partial charge in [-0.15, -0.1) is 0 Å². The van der Waals surface area contributed by atoms with Crippen molar-refractivity contribution in [1.82, 2.24) is 0 Å². The van der Waals surface area contributed by atoms with E-state index in [-0.39, 0.29) is 17.7 Å². The SMILES string of the molecule is CCCCCCCCOc1ccc(-c2ccc(C(=O)Oc3ccc(C(=O)OC(CCCCCCCC)C(F)F)cc3)cc2)cc1. The van der Waals surface area contributed by atoms with Gasteiger partial charge in [0, 0.05) is 0 Å². The number of hydrogen-bond acceptors (Lipinski definition) is 5. The lowest BCUT2D eigenvalue weighted by Crippen LogP contribution is -2.25. The van der Waals surface area contributed by atoms with Gasteiger partial charge in [0.05, 0.1) is 17.7 Å². The number of carbonyl (C=O) groups is 2. The van der Waals surface area contributed by atoms with E-state index in [9.17, 15) is 18.4 Å². The molecule has 0 radical (unpaired) electrons. The van der Waals surface area contributed by atoms with E-state index in [1.807, 2.05) is 36.4 Å². The number of ether oxygens (including phenoxy) is 3. The Bertz CT molecular complexity index is 1260. The zero-order valence-electron chi connectivity index (χ0n) is 26.8. The monoisotopic (exact) mass is 622 g/mol. The number of halogens is 2. The fourth-order valence-electron chi connectivity index (χ4n) is 5.01. The van der Waals surface area contributed by atoms with Gasteiger partial charge >= 0.3 is 11.9 Å². The highest BCUT2D eigenvalue weighted by Gasteiger charge is 2.25. The topological polar surface area (TPSA) is 61.8 Å². The highest BCUT2D eigenvalue weighted by atomic mass is 19.3. The summed E-state index contributed by atoms with van der Waals surface area (Å²) < 4.78 is 43.3. The van der Waals surface area contributed by atoms with Gasteiger partial charge in [-0.25, -0.2) is 18.4 Å². The van der Waals surface area contributed by atoms with Crippen molar-refractivity contribution < 1.29 is 32.6 Å². The number of rotatable bonds is 21. The van der Waals surface area contributed by atoms with E-state index >= 15 is 0 Å². The van der Waals surface area contributed by atoms with Gasteiger partial charge in [-0.3, -0.25) is 0 Å². The van der Waals surface area contributed by atoms with Crippen LogP contribution in [0.3, 0.4) is 0 Å². The maximum atomic E-state index is 13.5. The minimum Gasteiger partial charge on any atom is -0.494 e. The molecule has 0 heterocycles. The zero-order valence-corrected chi connectivity index (χ0v) is 26.8. The molecule has 3 aromatic carbocycles. The molecule has 0 saturated heterocycles. The highest BCUT2D eigenvalue weighted by molar-refractivity contribution is 5.92. The van der Waals surface area contributed by atoms with Crippen LogP contribution in [0.1, 0.15) is 118 Å². The third-order valence-corrected chi connectivity index (χ3v) is 7.76. The first kappa shape index (κ1) is 35.7. The standard InChI is InChI=1S/C38H48F2O5/c1-3-5-7-9-11-13-15-35(36(39)40)45-38(42)32-22-26-34(27-23-32)44-37(41)31-18-16-29(17-19-31)30-20-24-33(25-21-30)43-28-14-12-10-8-6-4-2/h16-27,35-36H,3-15,28H2,1-2H3. The van der Waals surface area contributed by atoms with Gasteiger partial charge in [-0.05, 0) is 78.9 Å². The number of carbonyl (C=O) groups excluding carboxylic acids is 2. The van der Waals surface area contributed by atoms with E-state index in [2.05, 4.69) is 13.8 Å². The fourth-order valence-corrected chi connectivity index (χ4v) is 5.01. The molecule has 3 rings (SSSR count). The summed E-state index contributed by atoms with van der Waals surface area (Å²) in [6.07, 6.45) is 9.04. The van der Waals surface area contributed by atoms with Gasteiger partial charge in [-0.2, -0.15) is 0 Å². The Hall–Kier alpha value is -3.74. The van der Waals surface area contributed by atoms with Crippen LogP contribution in [0.25, 0.3) is 11.1 Å². The molecule has 244 valence electrons. The van der Waals surface area contributed by atoms with Crippen LogP contribution < -0.4 is 9.47 Å². The second-order valence-corrected chi connectivity index (χ2v) is 11.5. The molecule has 0 bridgehead atoms. The van der Waals surface area contributed by atoms with E-state index in [1.165, 1.54) is 56.4 Å². The predicted molar refractivity (Wildman–Crippen MR) is 175 cm³/mol. The van der Waals surface area contributed by atoms with Crippen LogP contribution in [0, 0.1) is 0 Å². The molecular weight excluding hydrogens is 574 g/mol. The van der Waals surface area contributed by atoms with Crippen molar-refractivity contribution in [2.75, 3.05) is 6.61 Å². The van der Waals surface area contributed by atoms with E-state index in [0.29, 0.717) is 18.6 Å². The molecule has 3 aromatic rings. The molecule has 0 spiro atoms. The summed E-state index contributed by atoms with van der Waals surface area (Å²) in [6.45, 7) is 5.06. The lowest BCUT2D eigenvalue weighted by Gasteiger charge is -2.17. The number of benzene rings is 3. The summed E-state index contributed by atoms with van der Waals surface area (Å²) in [5.41, 5.74) is 2.45. The van der Waals surface area contributed by atoms with Crippen molar-refractivity contribution in [2.45, 2.75) is 110 Å². The second kappa shape index (κ2) is 20.3. The fraction of sp³-hybridized carbons (Fsp3) is 0.474. The van der Waals surface area contributed by atoms with Crippen LogP contribution in [0.5, 0.6) is 11.5 Å². The first-order chi connectivity index (χ1) is 21.9. The Labute approximate surface area is 267 Å². The molecule has 5 nitrogen and oxygen atoms in total. The molecule has 1 unspecified atom stereocenters. The Balaban J connectivity index is 1.45. The van der Waals surface area contributed by atoms with Gasteiger partial charge in [0.1, 0.15) is 11.5 Å². The molecule has 1 atom stereocenters. The van der Waals surface area contributed by atoms with E-state index in [1.54, 1.807) is 12.1 Å². The Morgan fingerprint density at radius 3 is 1.62 bits per heavy atom. The van der Waals surface area contributed by atoms with Crippen molar-refractivity contribution in [2.24, 2.45) is 0 Å². The van der Waals surface area contributed by atoms with Crippen LogP contribution >= 0.6 is 0 Å². The largest absolute Gasteiger partial charge is 0.494 e. The number of alkyl halides is 2. The predicted octanol–water partition coefficient (Wildman–Crippen LogP) is 10.9. The molecule has 0 amide bonds. The van der Waals surface area contributed by atoms with Crippen molar-refractivity contribution in [1.29, 1.82) is 0 Å². The normalized spacial score (nSPS) is 11.8. The maximum Gasteiger partial charge on any atom is 0.343 e. The summed E-state index contributed by atoms with van der Waals surface area (Å²) >= 11 is 0. The molecular formula is C38H48F2O5. The molecule has 0 saturated carbocycles. The minimum atomic E-state index is -2.75. The van der Waals surface area contributed by atoms with Gasteiger partial charge in [0.15, 0.2) is 6.10 Å². The summed E-state index contributed by atoms with van der Waals surface area (Å²) in [5.74, 6) is -0.298. The van der Waals surface area contributed by atoms with Crippen LogP contribution in [-0.4, -0.2) is 31.1 Å². The van der Waals surface area contributed by atoms with Gasteiger partial charge in [0.25, 0.3) is 6.43 Å². The molecule has 45 heavy (non-hydrogen) atoms. The third kappa shape index (κ3) is 13.0. The summed E-state index contributed by atoms with van der Waals surface area (Å²) in [4.78, 5) is 25.2. The molecule has 7 heteroatoms. The van der Waals surface area contributed by atoms with Crippen LogP contribution in [0.15, 0.2) is 72.8 Å². The second-order valence-electron chi connectivity index (χ2n) is 11.5. The van der Waals surface area contributed by atoms with E-state index in [0.717, 1.165) is 55.4 Å². The first-order valence-corrected chi connectivity index (χ1v) is 16.6. The average Bonchev–Trinajstić information content (AvgIpc) is 3.06. The Morgan fingerprint density at radius 1 is 0.578 bits per heavy atom. The highest BCUT2D eigenvalue weighted by Crippen LogP contribution is 2.24. The number of hydrogen-bond donors (Lipinski definition) is 0. The molecule has 0 aliphatic rings. The van der Waals surface area contributed by atoms with Gasteiger partial charge < -0.3 is 14.2 Å². The molecule has 0 aliphatic carbocycles. The quantitative estimate of drug-likeness (QED) is 0.0672. The number of unbranched alkanes of at least 4 members (excludes halogenated alkanes) is 10.